The average Bonchev–Trinajstić information content (AvgIpc) is 3.31. The van der Waals surface area contributed by atoms with Crippen molar-refractivity contribution in [3.05, 3.63) is 100 Å². The maximum atomic E-state index is 14.7. The Bertz CT molecular complexity index is 2460. The SMILES string of the molecule is CCC/C=C/c1ccc(-c2nc(C)c(C(=O)NC(CCN)C(=O)N(C)C3C(=O)NC(C)C(=O)NC(C(=O)NCC#N)Cc4ccc(OCCN)c(c4)-c4cc3ccc4OCCN)c(C)n2)cc1. The Morgan fingerprint density at radius 3 is 2.16 bits per heavy atom. The van der Waals surface area contributed by atoms with Gasteiger partial charge in [-0.1, -0.05) is 61.9 Å². The van der Waals surface area contributed by atoms with E-state index >= 15 is 0 Å². The summed E-state index contributed by atoms with van der Waals surface area (Å²) in [5, 5.41) is 19.9. The van der Waals surface area contributed by atoms with Gasteiger partial charge in [0.15, 0.2) is 5.82 Å². The lowest BCUT2D eigenvalue weighted by molar-refractivity contribution is -0.141. The van der Waals surface area contributed by atoms with Gasteiger partial charge in [-0.2, -0.15) is 5.26 Å². The number of nitrogens with one attached hydrogen (secondary N) is 4. The quantitative estimate of drug-likeness (QED) is 0.0708. The van der Waals surface area contributed by atoms with E-state index in [1.807, 2.05) is 30.3 Å². The Morgan fingerprint density at radius 1 is 0.910 bits per heavy atom. The molecule has 0 spiro atoms. The minimum Gasteiger partial charge on any atom is -0.492 e. The van der Waals surface area contributed by atoms with Crippen LogP contribution in [-0.2, 0) is 25.6 Å². The number of allylic oxidation sites excluding steroid dienone is 1. The van der Waals surface area contributed by atoms with E-state index in [2.05, 4.69) is 50.3 Å². The smallest absolute Gasteiger partial charge is 0.255 e. The molecule has 4 aromatic rings. The van der Waals surface area contributed by atoms with E-state index in [0.717, 1.165) is 24.0 Å². The van der Waals surface area contributed by atoms with Crippen molar-refractivity contribution in [3.63, 3.8) is 0 Å². The third kappa shape index (κ3) is 13.0. The minimum atomic E-state index is -1.41. The van der Waals surface area contributed by atoms with Gasteiger partial charge in [0.25, 0.3) is 5.91 Å². The van der Waals surface area contributed by atoms with Gasteiger partial charge < -0.3 is 52.8 Å². The van der Waals surface area contributed by atoms with Gasteiger partial charge in [-0.25, -0.2) is 9.97 Å². The molecule has 1 aromatic heterocycles. The summed E-state index contributed by atoms with van der Waals surface area (Å²) in [6.07, 6.45) is 6.22. The van der Waals surface area contributed by atoms with E-state index in [4.69, 9.17) is 26.7 Å². The second-order valence-electron chi connectivity index (χ2n) is 16.1. The van der Waals surface area contributed by atoms with Crippen LogP contribution in [0.5, 0.6) is 11.5 Å². The van der Waals surface area contributed by atoms with Crippen LogP contribution >= 0.6 is 0 Å². The number of aromatic nitrogens is 2. The average molecular weight is 916 g/mol. The standard InChI is InChI=1S/C49H61N11O7/c1-6-7-8-9-32-10-13-34(14-11-32)44-55-29(2)42(30(3)56-44)47(63)58-38(18-19-50)49(65)60(5)43-35-15-17-41(67-25-22-53)37(28-35)36-26-33(12-16-40(36)66-24-21-52)27-39(46(62)54-23-20-51)59-45(61)31(4)57-48(43)64/h8-17,26,28,31,38-39,43H,6-7,18-19,21-25,27,50,52-53H2,1-5H3,(H,54,62)(H,57,64)(H,58,63)(H,59,61)/b9-8+. The van der Waals surface area contributed by atoms with Gasteiger partial charge in [0, 0.05) is 43.2 Å². The first-order chi connectivity index (χ1) is 32.2. The van der Waals surface area contributed by atoms with Crippen LogP contribution in [0.1, 0.15) is 77.6 Å². The molecule has 0 fully saturated rings. The molecule has 0 aliphatic carbocycles. The summed E-state index contributed by atoms with van der Waals surface area (Å²) in [5.74, 6) is -2.14. The molecule has 354 valence electrons. The number of benzene rings is 3. The highest BCUT2D eigenvalue weighted by Crippen LogP contribution is 2.40. The molecule has 4 unspecified atom stereocenters. The molecule has 10 N–H and O–H groups in total. The topological polar surface area (TPSA) is 283 Å². The first kappa shape index (κ1) is 50.8. The van der Waals surface area contributed by atoms with Gasteiger partial charge in [-0.15, -0.1) is 0 Å². The van der Waals surface area contributed by atoms with Gasteiger partial charge in [0.1, 0.15) is 55.4 Å². The number of amides is 5. The minimum absolute atomic E-state index is 0.000841. The van der Waals surface area contributed by atoms with Gasteiger partial charge in [-0.05, 0) is 81.1 Å². The molecule has 1 aliphatic rings. The van der Waals surface area contributed by atoms with E-state index in [1.165, 1.54) is 18.9 Å². The third-order valence-corrected chi connectivity index (χ3v) is 11.0. The highest BCUT2D eigenvalue weighted by atomic mass is 16.5. The molecule has 5 amide bonds. The number of fused-ring (bicyclic) bond motifs is 5. The van der Waals surface area contributed by atoms with Crippen molar-refractivity contribution in [1.29, 1.82) is 5.26 Å². The Hall–Kier alpha value is -7.20. The lowest BCUT2D eigenvalue weighted by Gasteiger charge is -2.32. The van der Waals surface area contributed by atoms with Gasteiger partial charge in [0.05, 0.1) is 23.0 Å². The van der Waals surface area contributed by atoms with E-state index < -0.39 is 53.7 Å². The lowest BCUT2D eigenvalue weighted by Crippen LogP contribution is -2.56. The number of likely N-dealkylation sites (N-methyl/N-ethyl adjacent to an activating group) is 1. The van der Waals surface area contributed by atoms with E-state index in [1.54, 1.807) is 50.2 Å². The summed E-state index contributed by atoms with van der Waals surface area (Å²) in [7, 11) is 1.42. The molecule has 18 heteroatoms. The zero-order chi connectivity index (χ0) is 48.6. The second-order valence-corrected chi connectivity index (χ2v) is 16.1. The molecule has 0 saturated heterocycles. The summed E-state index contributed by atoms with van der Waals surface area (Å²) >= 11 is 0. The number of nitriles is 1. The summed E-state index contributed by atoms with van der Waals surface area (Å²) in [5.41, 5.74) is 22.4. The predicted molar refractivity (Wildman–Crippen MR) is 254 cm³/mol. The zero-order valence-corrected chi connectivity index (χ0v) is 38.7. The predicted octanol–water partition coefficient (Wildman–Crippen LogP) is 2.75. The van der Waals surface area contributed by atoms with Gasteiger partial charge in [-0.3, -0.25) is 24.0 Å². The molecular formula is C49H61N11O7. The number of rotatable bonds is 18. The van der Waals surface area contributed by atoms with Gasteiger partial charge in [0.2, 0.25) is 23.6 Å². The summed E-state index contributed by atoms with van der Waals surface area (Å²) in [4.78, 5) is 81.1. The van der Waals surface area contributed by atoms with E-state index in [-0.39, 0.29) is 57.8 Å². The Morgan fingerprint density at radius 2 is 1.55 bits per heavy atom. The Kier molecular flexibility index (Phi) is 18.5. The molecule has 5 rings (SSSR count). The second kappa shape index (κ2) is 24.4. The summed E-state index contributed by atoms with van der Waals surface area (Å²) < 4.78 is 12.2. The van der Waals surface area contributed by atoms with Gasteiger partial charge >= 0.3 is 0 Å². The fraction of sp³-hybridized carbons (Fsp3) is 0.388. The fourth-order valence-electron chi connectivity index (χ4n) is 7.66. The zero-order valence-electron chi connectivity index (χ0n) is 38.7. The molecule has 67 heavy (non-hydrogen) atoms. The summed E-state index contributed by atoms with van der Waals surface area (Å²) in [6.45, 7) is 7.31. The Balaban J connectivity index is 1.55. The largest absolute Gasteiger partial charge is 0.492 e. The number of nitrogens with zero attached hydrogens (tertiary/aromatic N) is 4. The van der Waals surface area contributed by atoms with Crippen molar-refractivity contribution in [2.45, 2.75) is 77.5 Å². The van der Waals surface area contributed by atoms with Crippen molar-refractivity contribution >= 4 is 35.6 Å². The third-order valence-electron chi connectivity index (χ3n) is 11.0. The molecule has 4 bridgehead atoms. The number of carbonyl (C=O) groups excluding carboxylic acids is 5. The van der Waals surface area contributed by atoms with E-state index in [9.17, 15) is 29.2 Å². The molecule has 18 nitrogen and oxygen atoms in total. The molecule has 0 saturated carbocycles. The normalized spacial score (nSPS) is 16.4. The van der Waals surface area contributed by atoms with Crippen molar-refractivity contribution < 1.29 is 33.4 Å². The molecule has 1 aliphatic heterocycles. The first-order valence-corrected chi connectivity index (χ1v) is 22.3. The lowest BCUT2D eigenvalue weighted by atomic mass is 9.93. The van der Waals surface area contributed by atoms with Crippen LogP contribution in [0.4, 0.5) is 0 Å². The number of carbonyl (C=O) groups is 5. The number of unbranched alkanes of at least 4 members (excludes halogenated alkanes) is 1. The maximum Gasteiger partial charge on any atom is 0.255 e. The van der Waals surface area contributed by atoms with Crippen LogP contribution in [0, 0.1) is 25.2 Å². The van der Waals surface area contributed by atoms with Crippen molar-refractivity contribution in [2.24, 2.45) is 17.2 Å². The van der Waals surface area contributed by atoms with Crippen LogP contribution in [0.25, 0.3) is 28.6 Å². The van der Waals surface area contributed by atoms with Crippen molar-refractivity contribution in [2.75, 3.05) is 46.4 Å². The fourth-order valence-corrected chi connectivity index (χ4v) is 7.66. The van der Waals surface area contributed by atoms with Crippen molar-refractivity contribution in [3.8, 4) is 40.1 Å². The number of nitrogens with two attached hydrogens (primary N) is 3. The van der Waals surface area contributed by atoms with Crippen molar-refractivity contribution in [1.82, 2.24) is 36.1 Å². The summed E-state index contributed by atoms with van der Waals surface area (Å²) in [6, 6.07) is 14.8. The maximum absolute atomic E-state index is 14.7. The van der Waals surface area contributed by atoms with Crippen LogP contribution in [0.2, 0.25) is 0 Å². The van der Waals surface area contributed by atoms with Crippen LogP contribution in [-0.4, -0.2) is 109 Å². The van der Waals surface area contributed by atoms with E-state index in [0.29, 0.717) is 51.0 Å². The van der Waals surface area contributed by atoms with Crippen LogP contribution in [0.15, 0.2) is 66.7 Å². The number of hydrogen-bond acceptors (Lipinski definition) is 13. The number of aryl methyl sites for hydroxylation is 2. The highest BCUT2D eigenvalue weighted by Gasteiger charge is 2.36. The molecule has 3 aromatic carbocycles. The monoisotopic (exact) mass is 915 g/mol. The highest BCUT2D eigenvalue weighted by molar-refractivity contribution is 6.00. The van der Waals surface area contributed by atoms with Crippen LogP contribution in [0.3, 0.4) is 0 Å². The Labute approximate surface area is 391 Å². The number of ether oxygens (including phenoxy) is 2. The molecule has 0 radical (unpaired) electrons. The molecule has 2 heterocycles. The molecular weight excluding hydrogens is 855 g/mol. The first-order valence-electron chi connectivity index (χ1n) is 22.3. The van der Waals surface area contributed by atoms with Crippen LogP contribution < -0.4 is 47.9 Å². The number of hydrogen-bond donors (Lipinski definition) is 7. The molecule has 4 atom stereocenters.